The number of aliphatic hydroxyl groups excluding tert-OH is 1. The maximum Gasteiger partial charge on any atom is 0.159 e. The highest BCUT2D eigenvalue weighted by atomic mass is 16.3. The Bertz CT molecular complexity index is 66.2. The van der Waals surface area contributed by atoms with Crippen molar-refractivity contribution in [3.63, 3.8) is 0 Å². The van der Waals surface area contributed by atoms with Gasteiger partial charge in [-0.25, -0.2) is 0 Å². The Hall–Kier alpha value is -0.200. The molecule has 0 aliphatic heterocycles. The van der Waals surface area contributed by atoms with Gasteiger partial charge in [0.15, 0.2) is 6.54 Å². The van der Waals surface area contributed by atoms with E-state index < -0.39 is 10.9 Å². The molecule has 0 spiro atoms. The Labute approximate surface area is 48.2 Å². The molecule has 8 heavy (non-hydrogen) atoms. The molecule has 5 heteroatoms. The summed E-state index contributed by atoms with van der Waals surface area (Å²) in [4.78, 5) is -0.669. The molecule has 0 aromatic heterocycles. The standard InChI is InChI=1S/C3H13N4O/c1-3(8)2-7(4,5)6/h3,8H,2,4-6H2,1H3/q+1. The second kappa shape index (κ2) is 2.38. The van der Waals surface area contributed by atoms with E-state index in [9.17, 15) is 0 Å². The first-order valence-corrected chi connectivity index (χ1v) is 2.33. The van der Waals surface area contributed by atoms with Crippen molar-refractivity contribution in [1.29, 1.82) is 0 Å². The zero-order valence-corrected chi connectivity index (χ0v) is 4.91. The maximum atomic E-state index is 8.63. The fraction of sp³-hybridized carbons (Fsp3) is 1.00. The third kappa shape index (κ3) is 5.80. The van der Waals surface area contributed by atoms with Crippen molar-refractivity contribution in [2.24, 2.45) is 17.5 Å². The number of quaternary nitrogens is 1. The Morgan fingerprint density at radius 2 is 1.88 bits per heavy atom. The first-order chi connectivity index (χ1) is 3.42. The van der Waals surface area contributed by atoms with E-state index in [-0.39, 0.29) is 6.54 Å². The molecule has 7 N–H and O–H groups in total. The van der Waals surface area contributed by atoms with E-state index in [0.717, 1.165) is 0 Å². The van der Waals surface area contributed by atoms with Gasteiger partial charge in [-0.1, -0.05) is 0 Å². The minimum absolute atomic E-state index is 0.153. The van der Waals surface area contributed by atoms with Gasteiger partial charge in [-0.2, -0.15) is 0 Å². The van der Waals surface area contributed by atoms with Crippen molar-refractivity contribution < 1.29 is 9.92 Å². The molecule has 0 rings (SSSR count). The number of nitrogens with two attached hydrogens (primary N) is 3. The van der Waals surface area contributed by atoms with Crippen molar-refractivity contribution in [2.75, 3.05) is 6.54 Å². The Morgan fingerprint density at radius 1 is 1.50 bits per heavy atom. The van der Waals surface area contributed by atoms with Crippen LogP contribution in [-0.4, -0.2) is 22.6 Å². The smallest absolute Gasteiger partial charge is 0.159 e. The van der Waals surface area contributed by atoms with Gasteiger partial charge in [0.1, 0.15) is 6.10 Å². The molecule has 5 nitrogen and oxygen atoms in total. The third-order valence-corrected chi connectivity index (χ3v) is 0.580. The molecule has 0 amide bonds. The molecule has 1 atom stereocenters. The predicted molar refractivity (Wildman–Crippen MR) is 29.4 cm³/mol. The van der Waals surface area contributed by atoms with Crippen LogP contribution in [0.15, 0.2) is 0 Å². The Morgan fingerprint density at radius 3 is 1.88 bits per heavy atom. The quantitative estimate of drug-likeness (QED) is 0.189. The van der Waals surface area contributed by atoms with Crippen LogP contribution in [0.5, 0.6) is 0 Å². The Kier molecular flexibility index (Phi) is 2.32. The highest BCUT2D eigenvalue weighted by Crippen LogP contribution is 1.81. The van der Waals surface area contributed by atoms with Gasteiger partial charge in [0.05, 0.1) is 0 Å². The summed E-state index contributed by atoms with van der Waals surface area (Å²) in [7, 11) is 0. The fourth-order valence-corrected chi connectivity index (χ4v) is 0.458. The molecular formula is C3H13N4O+. The molecule has 1 unspecified atom stereocenters. The lowest BCUT2D eigenvalue weighted by molar-refractivity contribution is -0.965. The molecule has 0 aromatic carbocycles. The van der Waals surface area contributed by atoms with Crippen molar-refractivity contribution in [2.45, 2.75) is 13.0 Å². The number of hydrogen-bond donors (Lipinski definition) is 4. The van der Waals surface area contributed by atoms with Crippen LogP contribution in [0.4, 0.5) is 0 Å². The van der Waals surface area contributed by atoms with E-state index in [1.807, 2.05) is 0 Å². The number of aliphatic hydroxyl groups is 1. The molecular weight excluding hydrogens is 108 g/mol. The van der Waals surface area contributed by atoms with E-state index >= 15 is 0 Å². The first kappa shape index (κ1) is 7.80. The van der Waals surface area contributed by atoms with Gasteiger partial charge in [0.25, 0.3) is 0 Å². The Balaban J connectivity index is 3.39. The van der Waals surface area contributed by atoms with Crippen LogP contribution in [0.3, 0.4) is 0 Å². The van der Waals surface area contributed by atoms with Crippen LogP contribution in [0, 0.1) is 0 Å². The molecule has 50 valence electrons. The van der Waals surface area contributed by atoms with Gasteiger partial charge in [0.2, 0.25) is 0 Å². The van der Waals surface area contributed by atoms with Gasteiger partial charge in [0, 0.05) is 0 Å². The molecule has 0 saturated heterocycles. The van der Waals surface area contributed by atoms with Gasteiger partial charge < -0.3 is 5.11 Å². The molecule has 0 fully saturated rings. The summed E-state index contributed by atoms with van der Waals surface area (Å²) in [5.41, 5.74) is 0. The molecule has 0 saturated carbocycles. The summed E-state index contributed by atoms with van der Waals surface area (Å²) in [5, 5.41) is 8.63. The molecule has 0 aliphatic carbocycles. The monoisotopic (exact) mass is 121 g/mol. The van der Waals surface area contributed by atoms with E-state index in [2.05, 4.69) is 0 Å². The lowest BCUT2D eigenvalue weighted by Crippen LogP contribution is -2.68. The summed E-state index contributed by atoms with van der Waals surface area (Å²) >= 11 is 0. The highest BCUT2D eigenvalue weighted by molar-refractivity contribution is 4.36. The summed E-state index contributed by atoms with van der Waals surface area (Å²) < 4.78 is 0. The first-order valence-electron chi connectivity index (χ1n) is 2.33. The van der Waals surface area contributed by atoms with Crippen LogP contribution >= 0.6 is 0 Å². The molecule has 0 radical (unpaired) electrons. The van der Waals surface area contributed by atoms with Crippen LogP contribution in [0.1, 0.15) is 6.92 Å². The molecule has 0 aliphatic rings. The van der Waals surface area contributed by atoms with Crippen molar-refractivity contribution in [3.8, 4) is 0 Å². The van der Waals surface area contributed by atoms with Crippen LogP contribution in [0.25, 0.3) is 0 Å². The van der Waals surface area contributed by atoms with Crippen molar-refractivity contribution in [1.82, 2.24) is 0 Å². The fourth-order valence-electron chi connectivity index (χ4n) is 0.458. The van der Waals surface area contributed by atoms with E-state index in [0.29, 0.717) is 0 Å². The van der Waals surface area contributed by atoms with E-state index in [1.165, 1.54) is 0 Å². The average Bonchev–Trinajstić information content (AvgIpc) is 1.21. The summed E-state index contributed by atoms with van der Waals surface area (Å²) in [5.74, 6) is 15.2. The summed E-state index contributed by atoms with van der Waals surface area (Å²) in [6.45, 7) is 1.72. The minimum atomic E-state index is -0.669. The maximum absolute atomic E-state index is 8.63. The number of nitrogens with zero attached hydrogens (tertiary/aromatic N) is 1. The second-order valence-corrected chi connectivity index (χ2v) is 2.03. The lowest BCUT2D eigenvalue weighted by Gasteiger charge is -2.19. The van der Waals surface area contributed by atoms with Crippen molar-refractivity contribution in [3.05, 3.63) is 0 Å². The molecule has 0 heterocycles. The molecule has 0 bridgehead atoms. The summed E-state index contributed by atoms with van der Waals surface area (Å²) in [6, 6.07) is 0. The van der Waals surface area contributed by atoms with Gasteiger partial charge in [-0.15, -0.1) is 22.3 Å². The minimum Gasteiger partial charge on any atom is -0.387 e. The van der Waals surface area contributed by atoms with Crippen LogP contribution in [0.2, 0.25) is 0 Å². The van der Waals surface area contributed by atoms with Crippen LogP contribution in [-0.2, 0) is 0 Å². The largest absolute Gasteiger partial charge is 0.387 e. The SMILES string of the molecule is CC(O)C[N+](N)(N)N. The second-order valence-electron chi connectivity index (χ2n) is 2.03. The van der Waals surface area contributed by atoms with E-state index in [4.69, 9.17) is 22.6 Å². The van der Waals surface area contributed by atoms with Gasteiger partial charge in [-0.05, 0) is 6.92 Å². The third-order valence-electron chi connectivity index (χ3n) is 0.580. The summed E-state index contributed by atoms with van der Waals surface area (Å²) in [6.07, 6.45) is -0.560. The number of rotatable bonds is 2. The van der Waals surface area contributed by atoms with Crippen molar-refractivity contribution >= 4 is 0 Å². The molecule has 0 aromatic rings. The van der Waals surface area contributed by atoms with E-state index in [1.54, 1.807) is 6.92 Å². The highest BCUT2D eigenvalue weighted by Gasteiger charge is 2.13. The number of hydrogen-bond acceptors (Lipinski definition) is 4. The topological polar surface area (TPSA) is 98.3 Å². The predicted octanol–water partition coefficient (Wildman–Crippen LogP) is -2.19. The van der Waals surface area contributed by atoms with Crippen LogP contribution < -0.4 is 17.5 Å². The average molecular weight is 121 g/mol. The lowest BCUT2D eigenvalue weighted by atomic mass is 10.4. The van der Waals surface area contributed by atoms with Gasteiger partial charge >= 0.3 is 0 Å². The zero-order valence-electron chi connectivity index (χ0n) is 4.91. The zero-order chi connectivity index (χ0) is 6.78. The van der Waals surface area contributed by atoms with Gasteiger partial charge in [-0.3, -0.25) is 0 Å². The normalized spacial score (nSPS) is 16.1.